The average molecular weight is 198 g/mol. The Morgan fingerprint density at radius 3 is 2.71 bits per heavy atom. The van der Waals surface area contributed by atoms with Gasteiger partial charge in [0.2, 0.25) is 0 Å². The van der Waals surface area contributed by atoms with Gasteiger partial charge >= 0.3 is 11.9 Å². The van der Waals surface area contributed by atoms with Crippen molar-refractivity contribution in [1.29, 1.82) is 0 Å². The van der Waals surface area contributed by atoms with Crippen molar-refractivity contribution in [1.82, 2.24) is 10.3 Å². The van der Waals surface area contributed by atoms with Gasteiger partial charge in [-0.1, -0.05) is 0 Å². The van der Waals surface area contributed by atoms with Crippen LogP contribution >= 0.6 is 0 Å². The van der Waals surface area contributed by atoms with Gasteiger partial charge in [-0.05, 0) is 13.8 Å². The molecule has 6 heteroatoms. The van der Waals surface area contributed by atoms with Gasteiger partial charge < -0.3 is 14.8 Å². The summed E-state index contributed by atoms with van der Waals surface area (Å²) in [5, 5.41) is 10.7. The summed E-state index contributed by atoms with van der Waals surface area (Å²) in [4.78, 5) is 25.3. The monoisotopic (exact) mass is 198 g/mol. The molecule has 6 nitrogen and oxygen atoms in total. The van der Waals surface area contributed by atoms with Crippen molar-refractivity contribution in [2.45, 2.75) is 19.9 Å². The molecule has 0 aliphatic rings. The van der Waals surface area contributed by atoms with Crippen LogP contribution in [0.3, 0.4) is 0 Å². The predicted molar refractivity (Wildman–Crippen MR) is 45.8 cm³/mol. The molecule has 1 aromatic heterocycles. The highest BCUT2D eigenvalue weighted by Gasteiger charge is 2.18. The van der Waals surface area contributed by atoms with Crippen molar-refractivity contribution in [3.63, 3.8) is 0 Å². The van der Waals surface area contributed by atoms with E-state index in [1.54, 1.807) is 6.92 Å². The molecule has 14 heavy (non-hydrogen) atoms. The summed E-state index contributed by atoms with van der Waals surface area (Å²) < 4.78 is 4.91. The van der Waals surface area contributed by atoms with Gasteiger partial charge in [0.05, 0.1) is 6.20 Å². The number of carboxylic acid groups (broad SMARTS) is 1. The van der Waals surface area contributed by atoms with Crippen LogP contribution < -0.4 is 5.32 Å². The maximum atomic E-state index is 11.2. The van der Waals surface area contributed by atoms with Crippen molar-refractivity contribution in [3.05, 3.63) is 17.8 Å². The number of rotatable bonds is 3. The maximum Gasteiger partial charge on any atom is 0.325 e. The molecule has 1 rings (SSSR count). The van der Waals surface area contributed by atoms with Crippen LogP contribution in [0.25, 0.3) is 0 Å². The van der Waals surface area contributed by atoms with E-state index in [-0.39, 0.29) is 5.89 Å². The van der Waals surface area contributed by atoms with Gasteiger partial charge in [0.15, 0.2) is 0 Å². The van der Waals surface area contributed by atoms with Crippen LogP contribution in [0.2, 0.25) is 0 Å². The first-order valence-electron chi connectivity index (χ1n) is 3.97. The quantitative estimate of drug-likeness (QED) is 0.723. The van der Waals surface area contributed by atoms with Gasteiger partial charge in [0.1, 0.15) is 11.8 Å². The van der Waals surface area contributed by atoms with E-state index < -0.39 is 17.9 Å². The Bertz CT molecular complexity index is 358. The Labute approximate surface area is 79.9 Å². The summed E-state index contributed by atoms with van der Waals surface area (Å²) in [5.41, 5.74) is 0. The van der Waals surface area contributed by atoms with Crippen molar-refractivity contribution in [3.8, 4) is 0 Å². The topological polar surface area (TPSA) is 92.4 Å². The zero-order chi connectivity index (χ0) is 10.7. The third kappa shape index (κ3) is 2.32. The van der Waals surface area contributed by atoms with Crippen LogP contribution in [0, 0.1) is 6.92 Å². The highest BCUT2D eigenvalue weighted by Crippen LogP contribution is 2.01. The normalized spacial score (nSPS) is 12.1. The Kier molecular flexibility index (Phi) is 2.85. The van der Waals surface area contributed by atoms with Gasteiger partial charge in [-0.3, -0.25) is 9.59 Å². The second-order valence-electron chi connectivity index (χ2n) is 2.81. The number of aryl methyl sites for hydroxylation is 1. The summed E-state index contributed by atoms with van der Waals surface area (Å²) in [6, 6.07) is -0.963. The van der Waals surface area contributed by atoms with Gasteiger partial charge in [0.25, 0.3) is 5.89 Å². The lowest BCUT2D eigenvalue weighted by Crippen LogP contribution is -2.38. The SMILES string of the molecule is Cc1cnc(C(=O)N[C@@H](C)C(=O)O)o1. The zero-order valence-corrected chi connectivity index (χ0v) is 7.77. The van der Waals surface area contributed by atoms with Gasteiger partial charge in [-0.25, -0.2) is 4.98 Å². The Balaban J connectivity index is 2.63. The average Bonchev–Trinajstić information content (AvgIpc) is 2.51. The largest absolute Gasteiger partial charge is 0.480 e. The van der Waals surface area contributed by atoms with Crippen molar-refractivity contribution in [2.75, 3.05) is 0 Å². The van der Waals surface area contributed by atoms with E-state index in [0.717, 1.165) is 0 Å². The van der Waals surface area contributed by atoms with E-state index in [9.17, 15) is 9.59 Å². The molecular weight excluding hydrogens is 188 g/mol. The van der Waals surface area contributed by atoms with E-state index >= 15 is 0 Å². The Morgan fingerprint density at radius 1 is 1.64 bits per heavy atom. The number of carbonyl (C=O) groups excluding carboxylic acids is 1. The lowest BCUT2D eigenvalue weighted by atomic mass is 10.3. The van der Waals surface area contributed by atoms with Gasteiger partial charge in [-0.2, -0.15) is 0 Å². The first kappa shape index (κ1) is 10.2. The zero-order valence-electron chi connectivity index (χ0n) is 7.77. The minimum absolute atomic E-state index is 0.129. The van der Waals surface area contributed by atoms with Crippen molar-refractivity contribution in [2.24, 2.45) is 0 Å². The molecule has 1 atom stereocenters. The number of aliphatic carboxylic acids is 1. The molecule has 0 saturated carbocycles. The molecule has 0 saturated heterocycles. The molecule has 0 spiro atoms. The first-order chi connectivity index (χ1) is 6.50. The molecule has 0 bridgehead atoms. The van der Waals surface area contributed by atoms with Crippen LogP contribution in [0.4, 0.5) is 0 Å². The fourth-order valence-corrected chi connectivity index (χ4v) is 0.780. The third-order valence-corrected chi connectivity index (χ3v) is 1.53. The van der Waals surface area contributed by atoms with Crippen LogP contribution in [0.1, 0.15) is 23.4 Å². The lowest BCUT2D eigenvalue weighted by Gasteiger charge is -2.05. The second kappa shape index (κ2) is 3.91. The minimum Gasteiger partial charge on any atom is -0.480 e. The lowest BCUT2D eigenvalue weighted by molar-refractivity contribution is -0.138. The molecule has 0 unspecified atom stereocenters. The molecule has 2 N–H and O–H groups in total. The molecule has 0 aromatic carbocycles. The third-order valence-electron chi connectivity index (χ3n) is 1.53. The number of carboxylic acids is 1. The standard InChI is InChI=1S/C8H10N2O4/c1-4-3-9-7(14-4)6(11)10-5(2)8(12)13/h3,5H,1-2H3,(H,10,11)(H,12,13)/t5-/m0/s1. The van der Waals surface area contributed by atoms with Gasteiger partial charge in [-0.15, -0.1) is 0 Å². The molecule has 1 aromatic rings. The number of aromatic nitrogens is 1. The summed E-state index contributed by atoms with van der Waals surface area (Å²) in [5.74, 6) is -1.37. The van der Waals surface area contributed by atoms with E-state index in [0.29, 0.717) is 5.76 Å². The molecule has 0 fully saturated rings. The van der Waals surface area contributed by atoms with E-state index in [1.165, 1.54) is 13.1 Å². The first-order valence-corrected chi connectivity index (χ1v) is 3.97. The number of amides is 1. The summed E-state index contributed by atoms with van der Waals surface area (Å²) in [6.07, 6.45) is 1.39. The number of hydrogen-bond acceptors (Lipinski definition) is 4. The van der Waals surface area contributed by atoms with E-state index in [2.05, 4.69) is 10.3 Å². The number of oxazole rings is 1. The molecule has 1 amide bonds. The van der Waals surface area contributed by atoms with Crippen LogP contribution in [-0.2, 0) is 4.79 Å². The smallest absolute Gasteiger partial charge is 0.325 e. The van der Waals surface area contributed by atoms with E-state index in [4.69, 9.17) is 9.52 Å². The maximum absolute atomic E-state index is 11.2. The molecular formula is C8H10N2O4. The summed E-state index contributed by atoms with van der Waals surface area (Å²) in [7, 11) is 0. The fourth-order valence-electron chi connectivity index (χ4n) is 0.780. The van der Waals surface area contributed by atoms with Crippen molar-refractivity contribution < 1.29 is 19.1 Å². The highest BCUT2D eigenvalue weighted by atomic mass is 16.4. The van der Waals surface area contributed by atoms with Crippen LogP contribution in [-0.4, -0.2) is 28.0 Å². The van der Waals surface area contributed by atoms with Crippen LogP contribution in [0.15, 0.2) is 10.6 Å². The number of carbonyl (C=O) groups is 2. The molecule has 0 radical (unpaired) electrons. The predicted octanol–water partition coefficient (Wildman–Crippen LogP) is 0.186. The molecule has 0 aliphatic carbocycles. The Morgan fingerprint density at radius 2 is 2.29 bits per heavy atom. The number of hydrogen-bond donors (Lipinski definition) is 2. The minimum atomic E-state index is -1.11. The molecule has 0 aliphatic heterocycles. The molecule has 1 heterocycles. The van der Waals surface area contributed by atoms with Crippen LogP contribution in [0.5, 0.6) is 0 Å². The number of nitrogens with one attached hydrogen (secondary N) is 1. The van der Waals surface area contributed by atoms with E-state index in [1.807, 2.05) is 0 Å². The van der Waals surface area contributed by atoms with Gasteiger partial charge in [0, 0.05) is 0 Å². The van der Waals surface area contributed by atoms with Crippen molar-refractivity contribution >= 4 is 11.9 Å². The fraction of sp³-hybridized carbons (Fsp3) is 0.375. The summed E-state index contributed by atoms with van der Waals surface area (Å²) in [6.45, 7) is 3.00. The molecule has 76 valence electrons. The number of nitrogens with zero attached hydrogens (tertiary/aromatic N) is 1. The second-order valence-corrected chi connectivity index (χ2v) is 2.81. The highest BCUT2D eigenvalue weighted by molar-refractivity contribution is 5.92. The Hall–Kier alpha value is -1.85. The summed E-state index contributed by atoms with van der Waals surface area (Å²) >= 11 is 0.